The predicted molar refractivity (Wildman–Crippen MR) is 133 cm³/mol. The lowest BCUT2D eigenvalue weighted by Gasteiger charge is -2.10. The molecular weight excluding hydrogens is 434 g/mol. The Morgan fingerprint density at radius 1 is 1.03 bits per heavy atom. The van der Waals surface area contributed by atoms with Crippen LogP contribution in [0.15, 0.2) is 46.2 Å². The van der Waals surface area contributed by atoms with Crippen LogP contribution in [0.5, 0.6) is 0 Å². The van der Waals surface area contributed by atoms with E-state index in [1.807, 2.05) is 50.4 Å². The molecule has 0 aliphatic carbocycles. The molecule has 1 amide bonds. The van der Waals surface area contributed by atoms with Gasteiger partial charge < -0.3 is 14.5 Å². The SMILES string of the molecule is CCOC(=O)c1c(-c2ccc(C)cc2C)csc1NC(=O)c1oc2ccc(CC)cc2c1C. The molecule has 0 bridgehead atoms. The van der Waals surface area contributed by atoms with Gasteiger partial charge in [0.05, 0.1) is 6.61 Å². The number of ether oxygens (including phenoxy) is 1. The Bertz CT molecular complexity index is 1360. The van der Waals surface area contributed by atoms with Crippen molar-refractivity contribution in [1.82, 2.24) is 0 Å². The van der Waals surface area contributed by atoms with Gasteiger partial charge in [0.1, 0.15) is 16.1 Å². The van der Waals surface area contributed by atoms with Gasteiger partial charge in [0.25, 0.3) is 5.91 Å². The van der Waals surface area contributed by atoms with Crippen molar-refractivity contribution in [3.63, 3.8) is 0 Å². The van der Waals surface area contributed by atoms with Gasteiger partial charge in [-0.1, -0.05) is 36.8 Å². The number of thiophene rings is 1. The van der Waals surface area contributed by atoms with Gasteiger partial charge >= 0.3 is 5.97 Å². The van der Waals surface area contributed by atoms with Crippen molar-refractivity contribution in [1.29, 1.82) is 0 Å². The lowest BCUT2D eigenvalue weighted by molar-refractivity contribution is 0.0529. The molecule has 0 aliphatic rings. The van der Waals surface area contributed by atoms with Crippen LogP contribution in [0.1, 0.15) is 57.0 Å². The summed E-state index contributed by atoms with van der Waals surface area (Å²) in [6.45, 7) is 10.0. The average Bonchev–Trinajstić information content (AvgIpc) is 3.34. The third-order valence-electron chi connectivity index (χ3n) is 5.78. The molecule has 0 fully saturated rings. The van der Waals surface area contributed by atoms with E-state index in [1.165, 1.54) is 16.9 Å². The van der Waals surface area contributed by atoms with E-state index in [0.717, 1.165) is 39.6 Å². The maximum Gasteiger partial charge on any atom is 0.341 e. The molecule has 0 spiro atoms. The molecule has 4 aromatic rings. The average molecular weight is 462 g/mol. The molecule has 2 aromatic carbocycles. The second kappa shape index (κ2) is 9.24. The summed E-state index contributed by atoms with van der Waals surface area (Å²) >= 11 is 1.31. The molecule has 33 heavy (non-hydrogen) atoms. The third kappa shape index (κ3) is 4.31. The van der Waals surface area contributed by atoms with Crippen LogP contribution < -0.4 is 5.32 Å². The van der Waals surface area contributed by atoms with Crippen LogP contribution in [-0.2, 0) is 11.2 Å². The number of benzene rings is 2. The smallest absolute Gasteiger partial charge is 0.341 e. The van der Waals surface area contributed by atoms with Gasteiger partial charge in [-0.3, -0.25) is 4.79 Å². The molecule has 0 saturated carbocycles. The van der Waals surface area contributed by atoms with Gasteiger partial charge in [0, 0.05) is 21.9 Å². The fourth-order valence-corrected chi connectivity index (χ4v) is 4.98. The van der Waals surface area contributed by atoms with E-state index in [1.54, 1.807) is 6.92 Å². The summed E-state index contributed by atoms with van der Waals surface area (Å²) in [4.78, 5) is 26.1. The molecule has 0 saturated heterocycles. The van der Waals surface area contributed by atoms with Crippen LogP contribution in [0.4, 0.5) is 5.00 Å². The summed E-state index contributed by atoms with van der Waals surface area (Å²) in [6.07, 6.45) is 0.904. The maximum atomic E-state index is 13.2. The van der Waals surface area contributed by atoms with Gasteiger partial charge in [0.2, 0.25) is 0 Å². The highest BCUT2D eigenvalue weighted by Gasteiger charge is 2.26. The molecule has 6 heteroatoms. The van der Waals surface area contributed by atoms with Gasteiger partial charge in [0.15, 0.2) is 5.76 Å². The van der Waals surface area contributed by atoms with E-state index in [0.29, 0.717) is 16.1 Å². The van der Waals surface area contributed by atoms with Gasteiger partial charge in [-0.2, -0.15) is 0 Å². The van der Waals surface area contributed by atoms with Crippen molar-refractivity contribution in [3.8, 4) is 11.1 Å². The number of fused-ring (bicyclic) bond motifs is 1. The Hall–Kier alpha value is -3.38. The number of esters is 1. The monoisotopic (exact) mass is 461 g/mol. The quantitative estimate of drug-likeness (QED) is 0.312. The zero-order chi connectivity index (χ0) is 23.7. The first kappa shape index (κ1) is 22.8. The number of anilines is 1. The minimum absolute atomic E-state index is 0.245. The molecule has 1 N–H and O–H groups in total. The number of furan rings is 1. The number of hydrogen-bond donors (Lipinski definition) is 1. The fourth-order valence-electron chi connectivity index (χ4n) is 4.03. The Kier molecular flexibility index (Phi) is 6.38. The molecule has 0 radical (unpaired) electrons. The summed E-state index contributed by atoms with van der Waals surface area (Å²) in [5.74, 6) is -0.603. The van der Waals surface area contributed by atoms with Gasteiger partial charge in [-0.05, 0) is 62.9 Å². The lowest BCUT2D eigenvalue weighted by atomic mass is 9.97. The molecule has 5 nitrogen and oxygen atoms in total. The van der Waals surface area contributed by atoms with Crippen LogP contribution in [0.3, 0.4) is 0 Å². The lowest BCUT2D eigenvalue weighted by Crippen LogP contribution is -2.15. The van der Waals surface area contributed by atoms with Gasteiger partial charge in [-0.25, -0.2) is 4.79 Å². The van der Waals surface area contributed by atoms with E-state index in [9.17, 15) is 9.59 Å². The van der Waals surface area contributed by atoms with Gasteiger partial charge in [-0.15, -0.1) is 11.3 Å². The molecule has 170 valence electrons. The van der Waals surface area contributed by atoms with E-state index < -0.39 is 5.97 Å². The van der Waals surface area contributed by atoms with Crippen molar-refractivity contribution < 1.29 is 18.7 Å². The highest BCUT2D eigenvalue weighted by molar-refractivity contribution is 7.15. The summed E-state index contributed by atoms with van der Waals surface area (Å²) in [7, 11) is 0. The first-order valence-corrected chi connectivity index (χ1v) is 11.9. The molecular formula is C27H27NO4S. The summed E-state index contributed by atoms with van der Waals surface area (Å²) < 4.78 is 11.2. The van der Waals surface area contributed by atoms with Crippen LogP contribution >= 0.6 is 11.3 Å². The van der Waals surface area contributed by atoms with Crippen LogP contribution in [-0.4, -0.2) is 18.5 Å². The topological polar surface area (TPSA) is 68.5 Å². The number of carbonyl (C=O) groups excluding carboxylic acids is 2. The minimum Gasteiger partial charge on any atom is -0.462 e. The highest BCUT2D eigenvalue weighted by atomic mass is 32.1. The van der Waals surface area contributed by atoms with E-state index in [2.05, 4.69) is 24.4 Å². The molecule has 0 unspecified atom stereocenters. The predicted octanol–water partition coefficient (Wildman–Crippen LogP) is 7.08. The standard InChI is InChI=1S/C27H27NO4S/c1-6-18-9-11-22-20(13-18)17(5)24(32-22)25(29)28-26-23(27(30)31-7-2)21(14-33-26)19-10-8-15(3)12-16(19)4/h8-14H,6-7H2,1-5H3,(H,28,29). The van der Waals surface area contributed by atoms with Crippen LogP contribution in [0.2, 0.25) is 0 Å². The van der Waals surface area contributed by atoms with E-state index in [4.69, 9.17) is 9.15 Å². The summed E-state index contributed by atoms with van der Waals surface area (Å²) in [5.41, 5.74) is 6.88. The summed E-state index contributed by atoms with van der Waals surface area (Å²) in [5, 5.41) is 6.16. The Labute approximate surface area is 197 Å². The molecule has 2 aromatic heterocycles. The Balaban J connectivity index is 1.74. The number of rotatable bonds is 6. The fraction of sp³-hybridized carbons (Fsp3) is 0.259. The van der Waals surface area contributed by atoms with Crippen molar-refractivity contribution in [3.05, 3.63) is 75.4 Å². The van der Waals surface area contributed by atoms with Crippen molar-refractivity contribution in [2.75, 3.05) is 11.9 Å². The zero-order valence-corrected chi connectivity index (χ0v) is 20.3. The van der Waals surface area contributed by atoms with E-state index in [-0.39, 0.29) is 18.3 Å². The summed E-state index contributed by atoms with van der Waals surface area (Å²) in [6, 6.07) is 12.0. The van der Waals surface area contributed by atoms with Crippen molar-refractivity contribution in [2.24, 2.45) is 0 Å². The number of nitrogens with one attached hydrogen (secondary N) is 1. The second-order valence-corrected chi connectivity index (χ2v) is 8.97. The van der Waals surface area contributed by atoms with Crippen molar-refractivity contribution >= 4 is 39.2 Å². The molecule has 2 heterocycles. The largest absolute Gasteiger partial charge is 0.462 e. The second-order valence-electron chi connectivity index (χ2n) is 8.09. The van der Waals surface area contributed by atoms with Crippen molar-refractivity contribution in [2.45, 2.75) is 41.0 Å². The molecule has 0 atom stereocenters. The zero-order valence-electron chi connectivity index (χ0n) is 19.5. The Morgan fingerprint density at radius 2 is 1.82 bits per heavy atom. The number of hydrogen-bond acceptors (Lipinski definition) is 5. The van der Waals surface area contributed by atoms with Crippen LogP contribution in [0.25, 0.3) is 22.1 Å². The maximum absolute atomic E-state index is 13.2. The first-order valence-electron chi connectivity index (χ1n) is 11.0. The third-order valence-corrected chi connectivity index (χ3v) is 6.68. The number of amides is 1. The normalized spacial score (nSPS) is 11.1. The molecule has 0 aliphatic heterocycles. The first-order chi connectivity index (χ1) is 15.8. The number of aryl methyl sites for hydroxylation is 4. The van der Waals surface area contributed by atoms with Crippen LogP contribution in [0, 0.1) is 20.8 Å². The van der Waals surface area contributed by atoms with E-state index >= 15 is 0 Å². The number of carbonyl (C=O) groups is 2. The molecule has 4 rings (SSSR count). The highest BCUT2D eigenvalue weighted by Crippen LogP contribution is 2.38. The minimum atomic E-state index is -0.460. The Morgan fingerprint density at radius 3 is 2.52 bits per heavy atom.